The average Bonchev–Trinajstić information content (AvgIpc) is 2.75. The van der Waals surface area contributed by atoms with Gasteiger partial charge in [0.25, 0.3) is 11.1 Å². The second-order valence-corrected chi connectivity index (χ2v) is 5.52. The van der Waals surface area contributed by atoms with E-state index < -0.39 is 23.2 Å². The average molecular weight is 323 g/mol. The first kappa shape index (κ1) is 16.2. The molecule has 0 spiro atoms. The molecule has 0 bridgehead atoms. The fraction of sp³-hybridized carbons (Fsp3) is 0.267. The molecule has 2 amide bonds. The van der Waals surface area contributed by atoms with E-state index in [0.717, 1.165) is 16.7 Å². The third kappa shape index (κ3) is 3.36. The number of hydrogen-bond donors (Lipinski definition) is 0. The van der Waals surface area contributed by atoms with Crippen molar-refractivity contribution in [1.82, 2.24) is 4.90 Å². The quantitative estimate of drug-likeness (QED) is 0.630. The molecule has 1 heterocycles. The number of esters is 1. The summed E-state index contributed by atoms with van der Waals surface area (Å²) < 4.78 is 17.7. The van der Waals surface area contributed by atoms with Crippen LogP contribution in [0.3, 0.4) is 0 Å². The fourth-order valence-corrected chi connectivity index (χ4v) is 2.80. The van der Waals surface area contributed by atoms with Gasteiger partial charge in [-0.2, -0.15) is 0 Å². The van der Waals surface area contributed by atoms with Crippen LogP contribution in [0.15, 0.2) is 29.2 Å². The Morgan fingerprint density at radius 3 is 2.59 bits per heavy atom. The maximum atomic E-state index is 12.9. The molecule has 1 atom stereocenters. The highest BCUT2D eigenvalue weighted by Crippen LogP contribution is 2.33. The number of nitrogens with zero attached hydrogens (tertiary/aromatic N) is 1. The minimum Gasteiger partial charge on any atom is -0.464 e. The fourth-order valence-electron chi connectivity index (χ4n) is 1.89. The van der Waals surface area contributed by atoms with Gasteiger partial charge in [0, 0.05) is 0 Å². The molecule has 116 valence electrons. The molecule has 22 heavy (non-hydrogen) atoms. The molecule has 0 radical (unpaired) electrons. The molecule has 2 rings (SSSR count). The summed E-state index contributed by atoms with van der Waals surface area (Å²) in [6, 6.07) is 4.54. The number of hydrogen-bond acceptors (Lipinski definition) is 5. The molecule has 1 saturated heterocycles. The normalized spacial score (nSPS) is 18.0. The molecule has 5 nitrogen and oxygen atoms in total. The van der Waals surface area contributed by atoms with Crippen molar-refractivity contribution in [3.05, 3.63) is 40.6 Å². The number of benzene rings is 1. The van der Waals surface area contributed by atoms with Crippen molar-refractivity contribution >= 4 is 35.0 Å². The largest absolute Gasteiger partial charge is 0.464 e. The molecule has 0 aromatic heterocycles. The van der Waals surface area contributed by atoms with E-state index in [9.17, 15) is 18.8 Å². The molecule has 0 aliphatic carbocycles. The summed E-state index contributed by atoms with van der Waals surface area (Å²) in [5, 5.41) is -0.529. The van der Waals surface area contributed by atoms with Crippen LogP contribution in [0.4, 0.5) is 9.18 Å². The lowest BCUT2D eigenvalue weighted by Gasteiger charge is -2.19. The van der Waals surface area contributed by atoms with Crippen molar-refractivity contribution in [2.45, 2.75) is 19.9 Å². The maximum Gasteiger partial charge on any atom is 0.329 e. The molecule has 1 aromatic carbocycles. The predicted octanol–water partition coefficient (Wildman–Crippen LogP) is 2.81. The van der Waals surface area contributed by atoms with Gasteiger partial charge >= 0.3 is 5.97 Å². The number of halogens is 1. The minimum absolute atomic E-state index is 0.171. The van der Waals surface area contributed by atoms with E-state index in [2.05, 4.69) is 0 Å². The van der Waals surface area contributed by atoms with Gasteiger partial charge in [0.2, 0.25) is 0 Å². The zero-order valence-corrected chi connectivity index (χ0v) is 12.9. The van der Waals surface area contributed by atoms with Crippen LogP contribution in [-0.2, 0) is 14.3 Å². The van der Waals surface area contributed by atoms with Crippen molar-refractivity contribution in [1.29, 1.82) is 0 Å². The van der Waals surface area contributed by atoms with E-state index in [1.165, 1.54) is 37.3 Å². The molecular weight excluding hydrogens is 309 g/mol. The number of thioether (sulfide) groups is 1. The Balaban J connectivity index is 2.21. The monoisotopic (exact) mass is 323 g/mol. The maximum absolute atomic E-state index is 12.9. The van der Waals surface area contributed by atoms with Crippen LogP contribution in [0, 0.1) is 5.82 Å². The molecule has 0 N–H and O–H groups in total. The van der Waals surface area contributed by atoms with E-state index >= 15 is 0 Å². The van der Waals surface area contributed by atoms with Crippen LogP contribution >= 0.6 is 11.8 Å². The standard InChI is InChI=1S/C15H14FNO4S/c1-3-21-14(19)9(2)17-13(18)12(22-15(17)20)8-10-4-6-11(16)7-5-10/h4-9H,3H2,1-2H3/b12-8+/t9-/m1/s1. The van der Waals surface area contributed by atoms with Gasteiger partial charge in [-0.25, -0.2) is 9.18 Å². The number of imide groups is 1. The van der Waals surface area contributed by atoms with Crippen molar-refractivity contribution in [2.24, 2.45) is 0 Å². The van der Waals surface area contributed by atoms with Gasteiger partial charge in [0.1, 0.15) is 11.9 Å². The Labute approximate surface area is 131 Å². The first-order chi connectivity index (χ1) is 10.4. The van der Waals surface area contributed by atoms with E-state index in [1.807, 2.05) is 0 Å². The molecule has 0 unspecified atom stereocenters. The number of carbonyl (C=O) groups is 3. The van der Waals surface area contributed by atoms with Crippen molar-refractivity contribution in [3.63, 3.8) is 0 Å². The van der Waals surface area contributed by atoms with Gasteiger partial charge in [-0.1, -0.05) is 12.1 Å². The summed E-state index contributed by atoms with van der Waals surface area (Å²) in [5.74, 6) is -1.58. The Hall–Kier alpha value is -2.15. The summed E-state index contributed by atoms with van der Waals surface area (Å²) in [5.41, 5.74) is 0.593. The van der Waals surface area contributed by atoms with Gasteiger partial charge in [0.05, 0.1) is 11.5 Å². The Morgan fingerprint density at radius 1 is 1.36 bits per heavy atom. The van der Waals surface area contributed by atoms with Gasteiger partial charge < -0.3 is 4.74 Å². The SMILES string of the molecule is CCOC(=O)[C@@H](C)N1C(=O)S/C(=C/c2ccc(F)cc2)C1=O. The van der Waals surface area contributed by atoms with Crippen molar-refractivity contribution in [2.75, 3.05) is 6.61 Å². The lowest BCUT2D eigenvalue weighted by molar-refractivity contribution is -0.150. The predicted molar refractivity (Wildman–Crippen MR) is 80.3 cm³/mol. The first-order valence-corrected chi connectivity index (χ1v) is 7.45. The van der Waals surface area contributed by atoms with Gasteiger partial charge in [0.15, 0.2) is 0 Å². The van der Waals surface area contributed by atoms with Crippen LogP contribution in [-0.4, -0.2) is 34.7 Å². The second-order valence-electron chi connectivity index (χ2n) is 4.53. The van der Waals surface area contributed by atoms with E-state index in [0.29, 0.717) is 5.56 Å². The van der Waals surface area contributed by atoms with E-state index in [4.69, 9.17) is 4.74 Å². The van der Waals surface area contributed by atoms with Crippen molar-refractivity contribution in [3.8, 4) is 0 Å². The van der Waals surface area contributed by atoms with Crippen LogP contribution in [0.1, 0.15) is 19.4 Å². The number of ether oxygens (including phenoxy) is 1. The third-order valence-corrected chi connectivity index (χ3v) is 3.89. The van der Waals surface area contributed by atoms with Crippen molar-refractivity contribution < 1.29 is 23.5 Å². The molecule has 1 fully saturated rings. The van der Waals surface area contributed by atoms with Crippen LogP contribution in [0.2, 0.25) is 0 Å². The summed E-state index contributed by atoms with van der Waals surface area (Å²) in [7, 11) is 0. The molecule has 1 aromatic rings. The molecule has 0 saturated carbocycles. The number of amides is 2. The molecular formula is C15H14FNO4S. The van der Waals surface area contributed by atoms with E-state index in [-0.39, 0.29) is 17.3 Å². The van der Waals surface area contributed by atoms with E-state index in [1.54, 1.807) is 6.92 Å². The summed E-state index contributed by atoms with van der Waals surface area (Å²) in [6.07, 6.45) is 1.49. The zero-order chi connectivity index (χ0) is 16.3. The Bertz CT molecular complexity index is 641. The second kappa shape index (κ2) is 6.74. The Kier molecular flexibility index (Phi) is 4.97. The van der Waals surface area contributed by atoms with Crippen LogP contribution in [0.25, 0.3) is 6.08 Å². The van der Waals surface area contributed by atoms with Crippen LogP contribution < -0.4 is 0 Å². The lowest BCUT2D eigenvalue weighted by Crippen LogP contribution is -2.42. The van der Waals surface area contributed by atoms with Crippen LogP contribution in [0.5, 0.6) is 0 Å². The Morgan fingerprint density at radius 2 is 2.00 bits per heavy atom. The van der Waals surface area contributed by atoms with Gasteiger partial charge in [-0.15, -0.1) is 0 Å². The summed E-state index contributed by atoms with van der Waals surface area (Å²) in [4.78, 5) is 37.0. The smallest absolute Gasteiger partial charge is 0.329 e. The van der Waals surface area contributed by atoms with Gasteiger partial charge in [-0.3, -0.25) is 14.5 Å². The van der Waals surface area contributed by atoms with Gasteiger partial charge in [-0.05, 0) is 49.4 Å². The number of rotatable bonds is 4. The molecule has 1 aliphatic heterocycles. The number of carbonyl (C=O) groups excluding carboxylic acids is 3. The molecule has 1 aliphatic rings. The first-order valence-electron chi connectivity index (χ1n) is 6.63. The zero-order valence-electron chi connectivity index (χ0n) is 12.0. The highest BCUT2D eigenvalue weighted by molar-refractivity contribution is 8.18. The highest BCUT2D eigenvalue weighted by atomic mass is 32.2. The summed E-state index contributed by atoms with van der Waals surface area (Å²) >= 11 is 0.742. The lowest BCUT2D eigenvalue weighted by atomic mass is 10.2. The highest BCUT2D eigenvalue weighted by Gasteiger charge is 2.41. The topological polar surface area (TPSA) is 63.7 Å². The third-order valence-electron chi connectivity index (χ3n) is 3.01. The minimum atomic E-state index is -0.980. The molecule has 7 heteroatoms. The summed E-state index contributed by atoms with van der Waals surface area (Å²) in [6.45, 7) is 3.26.